The van der Waals surface area contributed by atoms with Gasteiger partial charge in [0.15, 0.2) is 0 Å². The van der Waals surface area contributed by atoms with Gasteiger partial charge in [-0.1, -0.05) is 6.92 Å². The maximum atomic E-state index is 13.4. The van der Waals surface area contributed by atoms with Gasteiger partial charge in [0.25, 0.3) is 0 Å². The summed E-state index contributed by atoms with van der Waals surface area (Å²) < 4.78 is 50.6. The second-order valence-electron chi connectivity index (χ2n) is 4.37. The van der Waals surface area contributed by atoms with Crippen LogP contribution in [-0.4, -0.2) is 35.6 Å². The highest BCUT2D eigenvalue weighted by Gasteiger charge is 2.20. The zero-order valence-corrected chi connectivity index (χ0v) is 13.0. The molecule has 0 aromatic heterocycles. The van der Waals surface area contributed by atoms with Crippen molar-refractivity contribution < 1.29 is 21.9 Å². The van der Waals surface area contributed by atoms with E-state index < -0.39 is 42.1 Å². The van der Waals surface area contributed by atoms with Gasteiger partial charge in [-0.05, 0) is 12.5 Å². The molecule has 1 rings (SSSR count). The van der Waals surface area contributed by atoms with E-state index in [2.05, 4.69) is 4.72 Å². The van der Waals surface area contributed by atoms with Crippen molar-refractivity contribution in [1.82, 2.24) is 4.72 Å². The molecule has 1 aromatic rings. The average molecular weight is 338 g/mol. The van der Waals surface area contributed by atoms with Gasteiger partial charge in [-0.3, -0.25) is 14.3 Å². The molecule has 118 valence electrons. The Balaban J connectivity index is 2.82. The minimum absolute atomic E-state index is 0.0433. The van der Waals surface area contributed by atoms with Crippen LogP contribution in [0.2, 0.25) is 0 Å². The van der Waals surface area contributed by atoms with Gasteiger partial charge in [-0.25, -0.2) is 13.1 Å². The topological polar surface area (TPSA) is 106 Å². The van der Waals surface area contributed by atoms with Crippen molar-refractivity contribution >= 4 is 26.5 Å². The van der Waals surface area contributed by atoms with E-state index in [0.29, 0.717) is 12.5 Å². The quantitative estimate of drug-likeness (QED) is 0.593. The first-order valence-corrected chi connectivity index (χ1v) is 9.01. The molecule has 0 radical (unpaired) electrons. The number of benzene rings is 1. The zero-order valence-electron chi connectivity index (χ0n) is 11.4. The number of hydrogen-bond acceptors (Lipinski definition) is 5. The van der Waals surface area contributed by atoms with E-state index >= 15 is 0 Å². The summed E-state index contributed by atoms with van der Waals surface area (Å²) in [4.78, 5) is 9.14. The molecule has 0 amide bonds. The smallest absolute Gasteiger partial charge is 0.260 e. The molecule has 2 unspecified atom stereocenters. The fourth-order valence-electron chi connectivity index (χ4n) is 1.45. The van der Waals surface area contributed by atoms with Gasteiger partial charge in [0.2, 0.25) is 15.8 Å². The SMILES string of the molecule is CC(CCNS(=O)(=O)c1ccc([N+](=O)[O-])c(F)c1)S(C)=O. The molecule has 0 saturated carbocycles. The molecule has 1 aromatic carbocycles. The Kier molecular flexibility index (Phi) is 5.93. The van der Waals surface area contributed by atoms with Crippen molar-refractivity contribution in [2.24, 2.45) is 0 Å². The summed E-state index contributed by atoms with van der Waals surface area (Å²) in [6, 6.07) is 2.36. The van der Waals surface area contributed by atoms with Gasteiger partial charge in [-0.2, -0.15) is 4.39 Å². The lowest BCUT2D eigenvalue weighted by atomic mass is 10.3. The summed E-state index contributed by atoms with van der Waals surface area (Å²) >= 11 is 0. The third kappa shape index (κ3) is 4.83. The number of nitrogens with zero attached hydrogens (tertiary/aromatic N) is 1. The molecule has 0 fully saturated rings. The van der Waals surface area contributed by atoms with Crippen LogP contribution in [0.1, 0.15) is 13.3 Å². The van der Waals surface area contributed by atoms with Gasteiger partial charge >= 0.3 is 5.69 Å². The molecule has 0 aliphatic heterocycles. The number of rotatable bonds is 7. The molecule has 2 atom stereocenters. The monoisotopic (exact) mass is 338 g/mol. The summed E-state index contributed by atoms with van der Waals surface area (Å²) in [5, 5.41) is 10.3. The molecule has 10 heteroatoms. The first kappa shape index (κ1) is 17.7. The predicted octanol–water partition coefficient (Wildman–Crippen LogP) is 1.17. The van der Waals surface area contributed by atoms with Crippen molar-refractivity contribution in [2.45, 2.75) is 23.5 Å². The first-order valence-electron chi connectivity index (χ1n) is 5.91. The third-order valence-electron chi connectivity index (χ3n) is 2.84. The molecular weight excluding hydrogens is 323 g/mol. The molecule has 0 spiro atoms. The van der Waals surface area contributed by atoms with Crippen LogP contribution in [0.25, 0.3) is 0 Å². The van der Waals surface area contributed by atoms with E-state index in [-0.39, 0.29) is 11.8 Å². The summed E-state index contributed by atoms with van der Waals surface area (Å²) in [6.07, 6.45) is 1.88. The molecule has 0 saturated heterocycles. The lowest BCUT2D eigenvalue weighted by molar-refractivity contribution is -0.387. The van der Waals surface area contributed by atoms with E-state index in [1.807, 2.05) is 0 Å². The summed E-state index contributed by atoms with van der Waals surface area (Å²) in [5.41, 5.74) is -0.788. The second-order valence-corrected chi connectivity index (χ2v) is 7.93. The van der Waals surface area contributed by atoms with Crippen LogP contribution in [-0.2, 0) is 20.8 Å². The number of nitro benzene ring substituents is 1. The average Bonchev–Trinajstić information content (AvgIpc) is 2.37. The maximum Gasteiger partial charge on any atom is 0.304 e. The third-order valence-corrected chi connectivity index (χ3v) is 5.66. The number of nitro groups is 1. The summed E-state index contributed by atoms with van der Waals surface area (Å²) in [5.74, 6) is -1.22. The summed E-state index contributed by atoms with van der Waals surface area (Å²) in [7, 11) is -5.02. The predicted molar refractivity (Wildman–Crippen MR) is 76.4 cm³/mol. The van der Waals surface area contributed by atoms with Crippen LogP contribution in [0.5, 0.6) is 0 Å². The van der Waals surface area contributed by atoms with Crippen LogP contribution in [0, 0.1) is 15.9 Å². The standard InChI is InChI=1S/C11H15FN2O5S2/c1-8(20(2)17)5-6-13-21(18,19)9-3-4-11(14(15)16)10(12)7-9/h3-4,7-8,13H,5-6H2,1-2H3. The zero-order chi connectivity index (χ0) is 16.2. The molecule has 0 aliphatic carbocycles. The second kappa shape index (κ2) is 7.05. The highest BCUT2D eigenvalue weighted by Crippen LogP contribution is 2.20. The van der Waals surface area contributed by atoms with Crippen LogP contribution >= 0.6 is 0 Å². The largest absolute Gasteiger partial charge is 0.304 e. The highest BCUT2D eigenvalue weighted by molar-refractivity contribution is 7.89. The van der Waals surface area contributed by atoms with Crippen molar-refractivity contribution in [3.05, 3.63) is 34.1 Å². The Labute approximate surface area is 124 Å². The fraction of sp³-hybridized carbons (Fsp3) is 0.455. The van der Waals surface area contributed by atoms with Crippen molar-refractivity contribution in [3.8, 4) is 0 Å². The normalized spacial score (nSPS) is 14.6. The Morgan fingerprint density at radius 2 is 2.10 bits per heavy atom. The molecule has 0 heterocycles. The van der Waals surface area contributed by atoms with Gasteiger partial charge in [0, 0.05) is 41.0 Å². The summed E-state index contributed by atoms with van der Waals surface area (Å²) in [6.45, 7) is 1.76. The lowest BCUT2D eigenvalue weighted by Gasteiger charge is -2.10. The fourth-order valence-corrected chi connectivity index (χ4v) is 2.96. The van der Waals surface area contributed by atoms with Crippen molar-refractivity contribution in [1.29, 1.82) is 0 Å². The van der Waals surface area contributed by atoms with E-state index in [1.165, 1.54) is 6.26 Å². The minimum atomic E-state index is -3.96. The Morgan fingerprint density at radius 1 is 1.48 bits per heavy atom. The van der Waals surface area contributed by atoms with Gasteiger partial charge in [-0.15, -0.1) is 0 Å². The van der Waals surface area contributed by atoms with Gasteiger partial charge in [0.1, 0.15) is 0 Å². The van der Waals surface area contributed by atoms with E-state index in [4.69, 9.17) is 0 Å². The van der Waals surface area contributed by atoms with Gasteiger partial charge in [0.05, 0.1) is 9.82 Å². The molecular formula is C11H15FN2O5S2. The number of halogens is 1. The maximum absolute atomic E-state index is 13.4. The van der Waals surface area contributed by atoms with Crippen LogP contribution in [0.15, 0.2) is 23.1 Å². The van der Waals surface area contributed by atoms with E-state index in [9.17, 15) is 27.1 Å². The molecule has 0 bridgehead atoms. The number of hydrogen-bond donors (Lipinski definition) is 1. The Morgan fingerprint density at radius 3 is 2.57 bits per heavy atom. The van der Waals surface area contributed by atoms with Crippen LogP contribution < -0.4 is 4.72 Å². The first-order chi connectivity index (χ1) is 9.65. The number of nitrogens with one attached hydrogen (secondary N) is 1. The lowest BCUT2D eigenvalue weighted by Crippen LogP contribution is -2.27. The van der Waals surface area contributed by atoms with Crippen LogP contribution in [0.4, 0.5) is 10.1 Å². The van der Waals surface area contributed by atoms with Crippen molar-refractivity contribution in [3.63, 3.8) is 0 Å². The Hall–Kier alpha value is -1.39. The van der Waals surface area contributed by atoms with Crippen molar-refractivity contribution in [2.75, 3.05) is 12.8 Å². The van der Waals surface area contributed by atoms with E-state index in [1.54, 1.807) is 6.92 Å². The van der Waals surface area contributed by atoms with E-state index in [0.717, 1.165) is 12.1 Å². The molecule has 7 nitrogen and oxygen atoms in total. The molecule has 21 heavy (non-hydrogen) atoms. The van der Waals surface area contributed by atoms with Gasteiger partial charge < -0.3 is 0 Å². The highest BCUT2D eigenvalue weighted by atomic mass is 32.2. The van der Waals surface area contributed by atoms with Crippen LogP contribution in [0.3, 0.4) is 0 Å². The Bertz CT molecular complexity index is 663. The number of sulfonamides is 1. The molecule has 1 N–H and O–H groups in total. The minimum Gasteiger partial charge on any atom is -0.260 e. The molecule has 0 aliphatic rings.